The summed E-state index contributed by atoms with van der Waals surface area (Å²) >= 11 is 7.60. The molecule has 9 atom stereocenters. The van der Waals surface area contributed by atoms with Gasteiger partial charge < -0.3 is 63.4 Å². The van der Waals surface area contributed by atoms with Gasteiger partial charge in [0.1, 0.15) is 50.5 Å². The van der Waals surface area contributed by atoms with Crippen LogP contribution in [0, 0.1) is 0 Å². The summed E-state index contributed by atoms with van der Waals surface area (Å²) in [5.74, 6) is 6.25. The Hall–Kier alpha value is 1.35. The van der Waals surface area contributed by atoms with Crippen molar-refractivity contribution in [2.45, 2.75) is 182 Å². The Bertz CT molecular complexity index is 2970. The molecular weight excluding hydrogens is 1620 g/mol. The molecule has 12 rings (SSSR count). The van der Waals surface area contributed by atoms with E-state index in [4.69, 9.17) is 28.8 Å². The Balaban J connectivity index is -0.00000105. The summed E-state index contributed by atoms with van der Waals surface area (Å²) in [6.07, 6.45) is 31.9. The summed E-state index contributed by atoms with van der Waals surface area (Å²) in [5, 5.41) is 19.0. The average Bonchev–Trinajstić information content (AvgIpc) is 0.813. The maximum absolute atomic E-state index is 9.94. The smallest absolute Gasteiger partial charge is 0.793 e. The van der Waals surface area contributed by atoms with Crippen LogP contribution in [0.15, 0.2) is 121 Å². The SMILES string of the molecule is C.C.C.C.CC1(c2ccc(O)cn2)CCC1.CC[S-].COc1ccc(Br)nc1.COc1ccc(C2(C)CCC2)nc1.COc1ccc(C2(O)CCC2)nc1.COc1ccc(C2=CCC2)nc1.COc1ccc(C2CCC2)nc1.O=C1CCC1.P[P-]P(P)P(P(P)P)P(P)P.[Na+].[PH-]P(P)P. The molecule has 0 spiro atoms. The number of methoxy groups -OCH3 is 5. The monoisotopic (exact) mass is 1730 g/mol. The molecule has 32 heteroatoms. The van der Waals surface area contributed by atoms with Crippen molar-refractivity contribution >= 4 is 163 Å². The predicted molar refractivity (Wildman–Crippen MR) is 473 cm³/mol. The Morgan fingerprint density at radius 2 is 0.949 bits per heavy atom. The third-order valence-corrected chi connectivity index (χ3v) is 73.3. The van der Waals surface area contributed by atoms with E-state index in [9.17, 15) is 9.90 Å². The van der Waals surface area contributed by atoms with Crippen molar-refractivity contribution in [3.05, 3.63) is 149 Å². The van der Waals surface area contributed by atoms with Crippen LogP contribution in [0.5, 0.6) is 34.5 Å². The molecular formula is C67H115BrN6NaO8P15S-2. The van der Waals surface area contributed by atoms with Gasteiger partial charge in [0.15, 0.2) is 0 Å². The number of Topliss-reactive ketones (excluding diaryl/α,β-unsaturated/α-hetero) is 1. The number of pyridine rings is 6. The van der Waals surface area contributed by atoms with E-state index >= 15 is 0 Å². The van der Waals surface area contributed by atoms with E-state index < -0.39 is 5.60 Å². The van der Waals surface area contributed by atoms with Gasteiger partial charge >= 0.3 is 29.6 Å². The van der Waals surface area contributed by atoms with Crippen LogP contribution >= 0.6 is 139 Å². The second-order valence-electron chi connectivity index (χ2n) is 22.5. The van der Waals surface area contributed by atoms with Crippen LogP contribution in [0.25, 0.3) is 5.57 Å². The number of carbonyl (C=O) groups excluding carboxylic acids is 1. The molecule has 0 radical (unpaired) electrons. The molecule has 6 heterocycles. The van der Waals surface area contributed by atoms with Gasteiger partial charge in [0.05, 0.1) is 84.1 Å². The molecule has 0 amide bonds. The van der Waals surface area contributed by atoms with Crippen LogP contribution in [0.3, 0.4) is 0 Å². The first kappa shape index (κ1) is 105. The number of ketones is 1. The summed E-state index contributed by atoms with van der Waals surface area (Å²) in [4.78, 5) is 35.3. The number of hydrogen-bond donors (Lipinski definition) is 2. The quantitative estimate of drug-likeness (QED) is 0.0455. The normalized spacial score (nSPS) is 15.6. The molecule has 6 aromatic rings. The fourth-order valence-corrected chi connectivity index (χ4v) is 100. The van der Waals surface area contributed by atoms with Crippen molar-refractivity contribution in [1.29, 1.82) is 0 Å². The first-order chi connectivity index (χ1) is 44.9. The Kier molecular flexibility index (Phi) is 61.6. The summed E-state index contributed by atoms with van der Waals surface area (Å²) in [6, 6.07) is 23.1. The zero-order chi connectivity index (χ0) is 69.7. The van der Waals surface area contributed by atoms with Gasteiger partial charge in [0, 0.05) is 46.7 Å². The number of aromatic hydroxyl groups is 1. The molecule has 2 N–H and O–H groups in total. The number of hydrogen-bond acceptors (Lipinski definition) is 15. The van der Waals surface area contributed by atoms with Crippen molar-refractivity contribution in [2.24, 2.45) is 0 Å². The van der Waals surface area contributed by atoms with Gasteiger partial charge in [0.2, 0.25) is 0 Å². The van der Waals surface area contributed by atoms with Crippen LogP contribution in [-0.4, -0.2) is 87.2 Å². The number of aromatic nitrogens is 6. The molecule has 5 fully saturated rings. The third-order valence-electron chi connectivity index (χ3n) is 15.7. The minimum absolute atomic E-state index is 0. The van der Waals surface area contributed by atoms with Crippen molar-refractivity contribution in [2.75, 3.05) is 41.3 Å². The van der Waals surface area contributed by atoms with Crippen molar-refractivity contribution in [3.63, 3.8) is 0 Å². The molecule has 9 unspecified atom stereocenters. The zero-order valence-corrected chi connectivity index (χ0v) is 76.4. The molecule has 0 saturated heterocycles. The van der Waals surface area contributed by atoms with Crippen molar-refractivity contribution in [3.8, 4) is 34.5 Å². The summed E-state index contributed by atoms with van der Waals surface area (Å²) < 4.78 is 25.8. The number of halogens is 1. The predicted octanol–water partition coefficient (Wildman–Crippen LogP) is 21.9. The van der Waals surface area contributed by atoms with E-state index in [1.807, 2.05) is 61.5 Å². The molecule has 99 heavy (non-hydrogen) atoms. The number of rotatable bonds is 14. The van der Waals surface area contributed by atoms with Gasteiger partial charge in [-0.1, -0.05) is 75.8 Å². The molecule has 6 aliphatic carbocycles. The van der Waals surface area contributed by atoms with Gasteiger partial charge in [-0.15, -0.1) is 62.5 Å². The maximum Gasteiger partial charge on any atom is 1.00 e. The topological polar surface area (TPSA) is 181 Å². The minimum Gasteiger partial charge on any atom is -0.793 e. The standard InChI is InChI=1S/C11H15NO.C10H13NO2.2C10H13NO.C10H11NO.C6H6BrNO.C4H6O.C2H6S.4CH4.Na.H12P11.H5P4/c1-11(6-3-7-11)10-5-4-9(13-2)8-12-10;1-13-8-3-4-9(11-7-8)10(12)5-2-6-10;1-10(5-2-6-10)9-4-3-8(12)7-11-9;2*1-12-9-5-6-10(11-7-9)8-3-2-4-8;1-9-5-2-3-6(7)8-4-5;5-4-2-1-3-4;1-2-3;;;;;;1-7-10(6)11(8(2)3)9(4)5;1-4(2)3/h4-5,8H,3,6-7H2,1-2H3;3-4,7,12H,2,5-6H2,1H3;3-4,7,12H,2,5-6H2,1H3;5-8H,2-4H2,1H3;3,5-7H,2,4H2,1H3;2-4H,1H3;1-3H2;3H,2H2,1H3;4*1H4;;1-6H2;1H,2-3H2/q;;;;;;;;;;;;+1;2*-1/p-1. The fourth-order valence-electron chi connectivity index (χ4n) is 8.92. The van der Waals surface area contributed by atoms with E-state index in [1.54, 1.807) is 72.6 Å². The summed E-state index contributed by atoms with van der Waals surface area (Å²) in [6.45, 7) is 7.13. The second-order valence-corrected chi connectivity index (χ2v) is 72.5. The molecule has 5 saturated carbocycles. The van der Waals surface area contributed by atoms with Gasteiger partial charge in [-0.05, 0) is 192 Å². The summed E-state index contributed by atoms with van der Waals surface area (Å²) in [7, 11) is 36.0. The molecule has 14 nitrogen and oxygen atoms in total. The molecule has 0 aliphatic heterocycles. The van der Waals surface area contributed by atoms with Crippen molar-refractivity contribution < 1.29 is 68.2 Å². The van der Waals surface area contributed by atoms with Crippen LogP contribution in [-0.2, 0) is 33.9 Å². The molecule has 552 valence electrons. The van der Waals surface area contributed by atoms with Crippen LogP contribution < -0.4 is 53.2 Å². The van der Waals surface area contributed by atoms with Gasteiger partial charge in [-0.25, -0.2) is 19.0 Å². The van der Waals surface area contributed by atoms with Crippen LogP contribution in [0.4, 0.5) is 0 Å². The van der Waals surface area contributed by atoms with Crippen LogP contribution in [0.1, 0.15) is 194 Å². The van der Waals surface area contributed by atoms with E-state index in [0.717, 1.165) is 101 Å². The number of ether oxygens (including phenoxy) is 5. The Morgan fingerprint density at radius 3 is 1.18 bits per heavy atom. The summed E-state index contributed by atoms with van der Waals surface area (Å²) in [5.41, 5.74) is 6.72. The fraction of sp³-hybridized carbons (Fsp3) is 0.507. The zero-order valence-electron chi connectivity index (χ0n) is 56.4. The third kappa shape index (κ3) is 40.0. The minimum atomic E-state index is -0.660. The molecule has 0 bridgehead atoms. The number of allylic oxidation sites excluding steroid dienone is 2. The van der Waals surface area contributed by atoms with E-state index in [2.05, 4.69) is 171 Å². The first-order valence-electron chi connectivity index (χ1n) is 30.6. The van der Waals surface area contributed by atoms with Crippen molar-refractivity contribution in [1.82, 2.24) is 29.9 Å². The molecule has 6 aliphatic rings. The Labute approximate surface area is 662 Å². The number of aliphatic hydroxyl groups is 1. The average molecular weight is 1730 g/mol. The van der Waals surface area contributed by atoms with E-state index in [1.165, 1.54) is 102 Å². The molecule has 6 aromatic heterocycles. The van der Waals surface area contributed by atoms with Crippen LogP contribution in [0.2, 0.25) is 0 Å². The number of nitrogens with zero attached hydrogens (tertiary/aromatic N) is 6. The van der Waals surface area contributed by atoms with Gasteiger partial charge in [0.25, 0.3) is 0 Å². The first-order valence-corrected chi connectivity index (χ1v) is 56.6. The van der Waals surface area contributed by atoms with Gasteiger partial charge in [-0.2, -0.15) is 5.75 Å². The maximum atomic E-state index is 9.94. The molecule has 0 aromatic carbocycles. The number of carbonyl (C=O) groups is 1. The van der Waals surface area contributed by atoms with Gasteiger partial charge in [-0.3, -0.25) is 38.6 Å². The largest absolute Gasteiger partial charge is 1.00 e. The van der Waals surface area contributed by atoms with E-state index in [0.29, 0.717) is 11.2 Å². The Morgan fingerprint density at radius 1 is 0.576 bits per heavy atom. The second kappa shape index (κ2) is 58.3. The van der Waals surface area contributed by atoms with E-state index in [-0.39, 0.29) is 105 Å².